The lowest BCUT2D eigenvalue weighted by atomic mass is 9.97. The molecule has 2 aromatic heterocycles. The lowest BCUT2D eigenvalue weighted by Crippen LogP contribution is -2.41. The zero-order valence-electron chi connectivity index (χ0n) is 17.6. The molecule has 160 valence electrons. The molecule has 0 spiro atoms. The number of carbonyl (C=O) groups excluding carboxylic acids is 1. The van der Waals surface area contributed by atoms with E-state index in [9.17, 15) is 4.79 Å². The molecule has 1 atom stereocenters. The van der Waals surface area contributed by atoms with Crippen LogP contribution in [-0.2, 0) is 11.2 Å². The van der Waals surface area contributed by atoms with E-state index in [0.717, 1.165) is 50.9 Å². The summed E-state index contributed by atoms with van der Waals surface area (Å²) >= 11 is 0. The Balaban J connectivity index is 1.20. The highest BCUT2D eigenvalue weighted by molar-refractivity contribution is 5.77. The molecule has 1 fully saturated rings. The van der Waals surface area contributed by atoms with Gasteiger partial charge in [-0.25, -0.2) is 0 Å². The molecule has 0 bridgehead atoms. The van der Waals surface area contributed by atoms with Gasteiger partial charge in [-0.05, 0) is 49.4 Å². The monoisotopic (exact) mass is 417 g/mol. The van der Waals surface area contributed by atoms with Crippen LogP contribution < -0.4 is 4.90 Å². The average molecular weight is 418 g/mol. The van der Waals surface area contributed by atoms with Crippen molar-refractivity contribution < 1.29 is 9.32 Å². The fourth-order valence-electron chi connectivity index (χ4n) is 4.65. The number of carbonyl (C=O) groups is 1. The number of para-hydroxylation sites is 1. The van der Waals surface area contributed by atoms with Crippen molar-refractivity contribution in [2.75, 3.05) is 31.1 Å². The first-order valence-electron chi connectivity index (χ1n) is 11.1. The second-order valence-electron chi connectivity index (χ2n) is 8.35. The van der Waals surface area contributed by atoms with E-state index < -0.39 is 0 Å². The molecule has 4 heterocycles. The molecule has 0 radical (unpaired) electrons. The van der Waals surface area contributed by atoms with Crippen molar-refractivity contribution in [2.45, 2.75) is 38.0 Å². The maximum atomic E-state index is 13.0. The van der Waals surface area contributed by atoms with E-state index in [1.807, 2.05) is 17.0 Å². The maximum absolute atomic E-state index is 13.0. The number of pyridine rings is 1. The van der Waals surface area contributed by atoms with E-state index in [-0.39, 0.29) is 11.8 Å². The molecule has 1 saturated heterocycles. The SMILES string of the molecule is O=C(CCN1CCCc2ccccc21)N1CCC[C@H](c2nc(-c3cccnc3)no2)C1. The van der Waals surface area contributed by atoms with Crippen molar-refractivity contribution in [1.82, 2.24) is 20.0 Å². The third-order valence-electron chi connectivity index (χ3n) is 6.29. The second-order valence-corrected chi connectivity index (χ2v) is 8.35. The van der Waals surface area contributed by atoms with Gasteiger partial charge in [0.05, 0.1) is 5.92 Å². The Morgan fingerprint density at radius 3 is 2.97 bits per heavy atom. The normalized spacial score (nSPS) is 18.6. The molecule has 3 aromatic rings. The second kappa shape index (κ2) is 8.88. The maximum Gasteiger partial charge on any atom is 0.231 e. The van der Waals surface area contributed by atoms with Gasteiger partial charge < -0.3 is 14.3 Å². The minimum Gasteiger partial charge on any atom is -0.371 e. The summed E-state index contributed by atoms with van der Waals surface area (Å²) in [7, 11) is 0. The van der Waals surface area contributed by atoms with Crippen LogP contribution >= 0.6 is 0 Å². The topological polar surface area (TPSA) is 75.4 Å². The number of anilines is 1. The Labute approximate surface area is 182 Å². The first-order chi connectivity index (χ1) is 15.3. The summed E-state index contributed by atoms with van der Waals surface area (Å²) < 4.78 is 5.55. The minimum atomic E-state index is 0.0892. The number of fused-ring (bicyclic) bond motifs is 1. The summed E-state index contributed by atoms with van der Waals surface area (Å²) in [4.78, 5) is 26.0. The first kappa shape index (κ1) is 19.7. The van der Waals surface area contributed by atoms with Gasteiger partial charge in [0, 0.05) is 56.2 Å². The minimum absolute atomic E-state index is 0.0892. The average Bonchev–Trinajstić information content (AvgIpc) is 3.34. The van der Waals surface area contributed by atoms with E-state index in [4.69, 9.17) is 4.52 Å². The van der Waals surface area contributed by atoms with Gasteiger partial charge in [-0.2, -0.15) is 4.98 Å². The highest BCUT2D eigenvalue weighted by Crippen LogP contribution is 2.29. The number of hydrogen-bond donors (Lipinski definition) is 0. The standard InChI is InChI=1S/C24H27N5O2/c30-22(11-15-28-13-4-8-18-6-1-2-10-21(18)28)29-14-5-9-20(17-29)24-26-23(27-31-24)19-7-3-12-25-16-19/h1-3,6-7,10,12,16,20H,4-5,8-9,11,13-15,17H2/t20-/m0/s1. The fourth-order valence-corrected chi connectivity index (χ4v) is 4.65. The van der Waals surface area contributed by atoms with Crippen molar-refractivity contribution in [3.8, 4) is 11.4 Å². The van der Waals surface area contributed by atoms with Gasteiger partial charge in [0.2, 0.25) is 17.6 Å². The highest BCUT2D eigenvalue weighted by atomic mass is 16.5. The molecule has 5 rings (SSSR count). The molecule has 7 nitrogen and oxygen atoms in total. The Bertz CT molecular complexity index is 1040. The van der Waals surface area contributed by atoms with Crippen LogP contribution in [0, 0.1) is 0 Å². The van der Waals surface area contributed by atoms with Gasteiger partial charge in [0.15, 0.2) is 0 Å². The Hall–Kier alpha value is -3.22. The molecule has 0 saturated carbocycles. The van der Waals surface area contributed by atoms with Gasteiger partial charge >= 0.3 is 0 Å². The van der Waals surface area contributed by atoms with Crippen LogP contribution in [0.3, 0.4) is 0 Å². The molecule has 0 aliphatic carbocycles. The zero-order valence-corrected chi connectivity index (χ0v) is 17.6. The van der Waals surface area contributed by atoms with Gasteiger partial charge in [-0.1, -0.05) is 23.4 Å². The van der Waals surface area contributed by atoms with E-state index in [2.05, 4.69) is 44.3 Å². The summed E-state index contributed by atoms with van der Waals surface area (Å²) in [5.74, 6) is 1.46. The molecule has 7 heteroatoms. The summed E-state index contributed by atoms with van der Waals surface area (Å²) in [6.07, 6.45) is 8.16. The molecule has 2 aliphatic rings. The summed E-state index contributed by atoms with van der Waals surface area (Å²) in [5, 5.41) is 4.11. The molecule has 31 heavy (non-hydrogen) atoms. The third kappa shape index (κ3) is 4.31. The molecular formula is C24H27N5O2. The number of piperidine rings is 1. The number of rotatable bonds is 5. The van der Waals surface area contributed by atoms with Crippen LogP contribution in [0.2, 0.25) is 0 Å². The van der Waals surface area contributed by atoms with Crippen molar-refractivity contribution in [3.05, 3.63) is 60.2 Å². The molecule has 1 amide bonds. The van der Waals surface area contributed by atoms with Crippen LogP contribution in [0.1, 0.15) is 43.1 Å². The number of amides is 1. The summed E-state index contributed by atoms with van der Waals surface area (Å²) in [6.45, 7) is 3.23. The third-order valence-corrected chi connectivity index (χ3v) is 6.29. The van der Waals surface area contributed by atoms with E-state index in [1.54, 1.807) is 12.4 Å². The predicted molar refractivity (Wildman–Crippen MR) is 118 cm³/mol. The van der Waals surface area contributed by atoms with Crippen molar-refractivity contribution >= 4 is 11.6 Å². The molecular weight excluding hydrogens is 390 g/mol. The van der Waals surface area contributed by atoms with E-state index in [1.165, 1.54) is 11.3 Å². The number of benzene rings is 1. The van der Waals surface area contributed by atoms with Crippen LogP contribution in [0.4, 0.5) is 5.69 Å². The fraction of sp³-hybridized carbons (Fsp3) is 0.417. The zero-order chi connectivity index (χ0) is 21.0. The van der Waals surface area contributed by atoms with E-state index in [0.29, 0.717) is 24.7 Å². The lowest BCUT2D eigenvalue weighted by Gasteiger charge is -2.34. The first-order valence-corrected chi connectivity index (χ1v) is 11.1. The molecule has 0 unspecified atom stereocenters. The Morgan fingerprint density at radius 1 is 1.13 bits per heavy atom. The molecule has 2 aliphatic heterocycles. The van der Waals surface area contributed by atoms with Crippen molar-refractivity contribution in [3.63, 3.8) is 0 Å². The van der Waals surface area contributed by atoms with Gasteiger partial charge in [-0.3, -0.25) is 9.78 Å². The molecule has 1 aromatic carbocycles. The number of nitrogens with zero attached hydrogens (tertiary/aromatic N) is 5. The van der Waals surface area contributed by atoms with Crippen LogP contribution in [0.5, 0.6) is 0 Å². The van der Waals surface area contributed by atoms with E-state index >= 15 is 0 Å². The lowest BCUT2D eigenvalue weighted by molar-refractivity contribution is -0.132. The number of hydrogen-bond acceptors (Lipinski definition) is 6. The Morgan fingerprint density at radius 2 is 2.06 bits per heavy atom. The van der Waals surface area contributed by atoms with Crippen LogP contribution in [-0.4, -0.2) is 52.1 Å². The van der Waals surface area contributed by atoms with Gasteiger partial charge in [0.1, 0.15) is 0 Å². The van der Waals surface area contributed by atoms with Gasteiger partial charge in [-0.15, -0.1) is 0 Å². The predicted octanol–water partition coefficient (Wildman–Crippen LogP) is 3.68. The highest BCUT2D eigenvalue weighted by Gasteiger charge is 2.29. The quantitative estimate of drug-likeness (QED) is 0.630. The smallest absolute Gasteiger partial charge is 0.231 e. The van der Waals surface area contributed by atoms with Crippen molar-refractivity contribution in [1.29, 1.82) is 0 Å². The largest absolute Gasteiger partial charge is 0.371 e. The van der Waals surface area contributed by atoms with Crippen molar-refractivity contribution in [2.24, 2.45) is 0 Å². The van der Waals surface area contributed by atoms with Gasteiger partial charge in [0.25, 0.3) is 0 Å². The van der Waals surface area contributed by atoms with Crippen LogP contribution in [0.25, 0.3) is 11.4 Å². The summed E-state index contributed by atoms with van der Waals surface area (Å²) in [6, 6.07) is 12.3. The molecule has 0 N–H and O–H groups in total. The number of likely N-dealkylation sites (tertiary alicyclic amines) is 1. The van der Waals surface area contributed by atoms with Crippen LogP contribution in [0.15, 0.2) is 53.3 Å². The number of aryl methyl sites for hydroxylation is 1. The number of aromatic nitrogens is 3. The summed E-state index contributed by atoms with van der Waals surface area (Å²) in [5.41, 5.74) is 3.51. The Kier molecular flexibility index (Phi) is 5.65.